The summed E-state index contributed by atoms with van der Waals surface area (Å²) in [4.78, 5) is 22.9. The fourth-order valence-electron chi connectivity index (χ4n) is 3.20. The average Bonchev–Trinajstić information content (AvgIpc) is 2.60. The summed E-state index contributed by atoms with van der Waals surface area (Å²) in [7, 11) is 0. The van der Waals surface area contributed by atoms with E-state index < -0.39 is 0 Å². The Hall–Kier alpha value is -3.00. The van der Waals surface area contributed by atoms with Crippen molar-refractivity contribution in [2.45, 2.75) is 0 Å². The van der Waals surface area contributed by atoms with Crippen molar-refractivity contribution in [3.8, 4) is 0 Å². The van der Waals surface area contributed by atoms with Gasteiger partial charge in [0.1, 0.15) is 0 Å². The number of fused-ring (bicyclic) bond motifs is 5. The molecule has 0 fully saturated rings. The first-order valence-corrected chi connectivity index (χ1v) is 7.11. The first-order valence-electron chi connectivity index (χ1n) is 7.11. The maximum absolute atomic E-state index is 11.5. The van der Waals surface area contributed by atoms with Gasteiger partial charge in [0, 0.05) is 11.1 Å². The van der Waals surface area contributed by atoms with Crippen LogP contribution in [0.5, 0.6) is 0 Å². The number of aldehydes is 2. The van der Waals surface area contributed by atoms with Gasteiger partial charge in [-0.3, -0.25) is 9.59 Å². The second kappa shape index (κ2) is 4.78. The van der Waals surface area contributed by atoms with E-state index in [-0.39, 0.29) is 0 Å². The standard InChI is InChI=1S/C20H12O2/c21-11-13-9-20-18-8-4-2-6-16(18)14(12-22)10-19(20)17-7-3-1-5-15(13)17/h1-12H. The summed E-state index contributed by atoms with van der Waals surface area (Å²) in [5.41, 5.74) is 1.35. The van der Waals surface area contributed by atoms with E-state index in [9.17, 15) is 9.59 Å². The number of carbonyl (C=O) groups is 2. The van der Waals surface area contributed by atoms with Crippen LogP contribution in [0.25, 0.3) is 32.3 Å². The zero-order valence-electron chi connectivity index (χ0n) is 11.7. The fraction of sp³-hybridized carbons (Fsp3) is 0. The Bertz CT molecular complexity index is 974. The van der Waals surface area contributed by atoms with Gasteiger partial charge in [-0.1, -0.05) is 48.5 Å². The molecule has 4 rings (SSSR count). The number of rotatable bonds is 2. The maximum atomic E-state index is 11.5. The molecule has 0 saturated heterocycles. The first kappa shape index (κ1) is 12.7. The summed E-state index contributed by atoms with van der Waals surface area (Å²) in [6.45, 7) is 0. The van der Waals surface area contributed by atoms with E-state index in [1.54, 1.807) is 0 Å². The molecule has 0 aliphatic rings. The second-order valence-electron chi connectivity index (χ2n) is 5.35. The highest BCUT2D eigenvalue weighted by atomic mass is 16.1. The van der Waals surface area contributed by atoms with Crippen LogP contribution in [0.15, 0.2) is 60.7 Å². The number of hydrogen-bond donors (Lipinski definition) is 0. The predicted octanol–water partition coefficient (Wildman–Crippen LogP) is 4.77. The van der Waals surface area contributed by atoms with Gasteiger partial charge in [-0.05, 0) is 44.5 Å². The van der Waals surface area contributed by atoms with Crippen molar-refractivity contribution in [2.75, 3.05) is 0 Å². The smallest absolute Gasteiger partial charge is 0.150 e. The van der Waals surface area contributed by atoms with Gasteiger partial charge in [-0.2, -0.15) is 0 Å². The summed E-state index contributed by atoms with van der Waals surface area (Å²) in [6.07, 6.45) is 1.79. The van der Waals surface area contributed by atoms with Crippen molar-refractivity contribution in [3.05, 3.63) is 71.8 Å². The molecule has 22 heavy (non-hydrogen) atoms. The SMILES string of the molecule is O=Cc1cc2c3ccccc3c(C=O)cc2c2ccccc12. The van der Waals surface area contributed by atoms with E-state index in [0.29, 0.717) is 11.1 Å². The minimum Gasteiger partial charge on any atom is -0.298 e. The largest absolute Gasteiger partial charge is 0.298 e. The van der Waals surface area contributed by atoms with Crippen LogP contribution in [0.3, 0.4) is 0 Å². The van der Waals surface area contributed by atoms with Crippen LogP contribution < -0.4 is 0 Å². The molecule has 0 unspecified atom stereocenters. The minimum atomic E-state index is 0.673. The molecule has 0 aliphatic carbocycles. The van der Waals surface area contributed by atoms with Crippen LogP contribution in [-0.2, 0) is 0 Å². The van der Waals surface area contributed by atoms with Gasteiger partial charge in [0.2, 0.25) is 0 Å². The maximum Gasteiger partial charge on any atom is 0.150 e. The molecule has 0 N–H and O–H groups in total. The van der Waals surface area contributed by atoms with Crippen LogP contribution in [0, 0.1) is 0 Å². The van der Waals surface area contributed by atoms with Crippen molar-refractivity contribution in [1.29, 1.82) is 0 Å². The van der Waals surface area contributed by atoms with Gasteiger partial charge < -0.3 is 0 Å². The Morgan fingerprint density at radius 2 is 0.864 bits per heavy atom. The van der Waals surface area contributed by atoms with Crippen LogP contribution in [-0.4, -0.2) is 12.6 Å². The lowest BCUT2D eigenvalue weighted by molar-refractivity contribution is 0.111. The Balaban J connectivity index is 2.36. The third-order valence-electron chi connectivity index (χ3n) is 4.20. The number of benzene rings is 4. The number of carbonyl (C=O) groups excluding carboxylic acids is 2. The monoisotopic (exact) mass is 284 g/mol. The molecule has 0 atom stereocenters. The van der Waals surface area contributed by atoms with Gasteiger partial charge in [0.25, 0.3) is 0 Å². The van der Waals surface area contributed by atoms with Crippen molar-refractivity contribution in [2.24, 2.45) is 0 Å². The number of hydrogen-bond acceptors (Lipinski definition) is 2. The highest BCUT2D eigenvalue weighted by Gasteiger charge is 2.11. The van der Waals surface area contributed by atoms with Crippen LogP contribution in [0.4, 0.5) is 0 Å². The molecule has 4 aromatic rings. The molecule has 2 nitrogen and oxygen atoms in total. The predicted molar refractivity (Wildman–Crippen MR) is 89.7 cm³/mol. The second-order valence-corrected chi connectivity index (χ2v) is 5.35. The van der Waals surface area contributed by atoms with E-state index in [2.05, 4.69) is 0 Å². The lowest BCUT2D eigenvalue weighted by Crippen LogP contribution is -1.90. The van der Waals surface area contributed by atoms with E-state index >= 15 is 0 Å². The summed E-state index contributed by atoms with van der Waals surface area (Å²) in [6, 6.07) is 19.4. The van der Waals surface area contributed by atoms with E-state index in [1.165, 1.54) is 0 Å². The lowest BCUT2D eigenvalue weighted by atomic mass is 9.92. The topological polar surface area (TPSA) is 34.1 Å². The molecule has 0 heterocycles. The van der Waals surface area contributed by atoms with Crippen LogP contribution in [0.2, 0.25) is 0 Å². The van der Waals surface area contributed by atoms with Crippen LogP contribution >= 0.6 is 0 Å². The molecular formula is C20H12O2. The highest BCUT2D eigenvalue weighted by molar-refractivity contribution is 6.23. The van der Waals surface area contributed by atoms with Gasteiger partial charge >= 0.3 is 0 Å². The van der Waals surface area contributed by atoms with Crippen LogP contribution in [0.1, 0.15) is 20.7 Å². The van der Waals surface area contributed by atoms with Crippen molar-refractivity contribution < 1.29 is 9.59 Å². The summed E-state index contributed by atoms with van der Waals surface area (Å²) >= 11 is 0. The molecule has 4 aromatic carbocycles. The van der Waals surface area contributed by atoms with Gasteiger partial charge in [-0.15, -0.1) is 0 Å². The zero-order chi connectivity index (χ0) is 15.1. The fourth-order valence-corrected chi connectivity index (χ4v) is 3.20. The lowest BCUT2D eigenvalue weighted by Gasteiger charge is -2.11. The molecule has 0 spiro atoms. The normalized spacial score (nSPS) is 11.1. The average molecular weight is 284 g/mol. The Kier molecular flexibility index (Phi) is 2.76. The van der Waals surface area contributed by atoms with Gasteiger partial charge in [0.15, 0.2) is 12.6 Å². The molecule has 0 aliphatic heterocycles. The molecular weight excluding hydrogens is 272 g/mol. The molecule has 0 aromatic heterocycles. The van der Waals surface area contributed by atoms with E-state index in [1.807, 2.05) is 60.7 Å². The molecule has 0 radical (unpaired) electrons. The molecule has 104 valence electrons. The Morgan fingerprint density at radius 1 is 0.500 bits per heavy atom. The van der Waals surface area contributed by atoms with Gasteiger partial charge in [0.05, 0.1) is 0 Å². The zero-order valence-corrected chi connectivity index (χ0v) is 11.7. The minimum absolute atomic E-state index is 0.673. The Morgan fingerprint density at radius 3 is 1.23 bits per heavy atom. The first-order chi connectivity index (χ1) is 10.8. The van der Waals surface area contributed by atoms with Crippen molar-refractivity contribution >= 4 is 44.9 Å². The third-order valence-corrected chi connectivity index (χ3v) is 4.20. The third kappa shape index (κ3) is 1.67. The van der Waals surface area contributed by atoms with E-state index in [0.717, 1.165) is 44.9 Å². The molecule has 0 saturated carbocycles. The summed E-state index contributed by atoms with van der Waals surface area (Å²) in [5.74, 6) is 0. The summed E-state index contributed by atoms with van der Waals surface area (Å²) in [5, 5.41) is 5.82. The van der Waals surface area contributed by atoms with Crippen molar-refractivity contribution in [1.82, 2.24) is 0 Å². The highest BCUT2D eigenvalue weighted by Crippen LogP contribution is 2.34. The van der Waals surface area contributed by atoms with Crippen molar-refractivity contribution in [3.63, 3.8) is 0 Å². The quantitative estimate of drug-likeness (QED) is 0.392. The van der Waals surface area contributed by atoms with E-state index in [4.69, 9.17) is 0 Å². The molecule has 2 heteroatoms. The molecule has 0 amide bonds. The molecule has 0 bridgehead atoms. The van der Waals surface area contributed by atoms with Gasteiger partial charge in [-0.25, -0.2) is 0 Å². The summed E-state index contributed by atoms with van der Waals surface area (Å²) < 4.78 is 0. The Labute approximate surface area is 127 Å².